The van der Waals surface area contributed by atoms with Crippen LogP contribution < -0.4 is 10.9 Å². The minimum Gasteiger partial charge on any atom is -0.448 e. The summed E-state index contributed by atoms with van der Waals surface area (Å²) in [5, 5.41) is 7.35. The maximum Gasteiger partial charge on any atom is 0.349 e. The van der Waals surface area contributed by atoms with Crippen LogP contribution in [0.4, 0.5) is 5.82 Å². The fourth-order valence-electron chi connectivity index (χ4n) is 3.59. The van der Waals surface area contributed by atoms with Gasteiger partial charge in [0.1, 0.15) is 21.3 Å². The van der Waals surface area contributed by atoms with Crippen LogP contribution >= 0.6 is 11.3 Å². The molecule has 0 saturated carbocycles. The molecule has 158 valence electrons. The molecule has 3 aromatic heterocycles. The molecule has 0 saturated heterocycles. The van der Waals surface area contributed by atoms with Gasteiger partial charge in [-0.15, -0.1) is 11.3 Å². The molecule has 10 heteroatoms. The zero-order valence-corrected chi connectivity index (χ0v) is 18.1. The van der Waals surface area contributed by atoms with Gasteiger partial charge >= 0.3 is 5.97 Å². The van der Waals surface area contributed by atoms with Gasteiger partial charge in [0.05, 0.1) is 11.6 Å². The summed E-state index contributed by atoms with van der Waals surface area (Å²) in [4.78, 5) is 43.4. The Morgan fingerprint density at radius 3 is 2.80 bits per heavy atom. The monoisotopic (exact) mass is 429 g/mol. The first-order valence-corrected chi connectivity index (χ1v) is 10.7. The zero-order chi connectivity index (χ0) is 21.6. The number of hydrogen-bond acceptors (Lipinski definition) is 7. The predicted octanol–water partition coefficient (Wildman–Crippen LogP) is 2.67. The third-order valence-corrected chi connectivity index (χ3v) is 6.33. The van der Waals surface area contributed by atoms with Crippen molar-refractivity contribution in [3.63, 3.8) is 0 Å². The number of anilines is 1. The van der Waals surface area contributed by atoms with Gasteiger partial charge < -0.3 is 10.1 Å². The molecule has 4 heterocycles. The largest absolute Gasteiger partial charge is 0.448 e. The minimum atomic E-state index is -1.02. The van der Waals surface area contributed by atoms with E-state index in [1.54, 1.807) is 28.4 Å². The fourth-order valence-corrected chi connectivity index (χ4v) is 4.66. The Balaban J connectivity index is 1.53. The Morgan fingerprint density at radius 2 is 2.07 bits per heavy atom. The molecule has 1 aliphatic heterocycles. The van der Waals surface area contributed by atoms with Crippen LogP contribution in [0.3, 0.4) is 0 Å². The second-order valence-electron chi connectivity index (χ2n) is 7.62. The lowest BCUT2D eigenvalue weighted by molar-refractivity contribution is -0.123. The zero-order valence-electron chi connectivity index (χ0n) is 17.3. The lowest BCUT2D eigenvalue weighted by atomic mass is 10.2. The quantitative estimate of drug-likeness (QED) is 0.625. The van der Waals surface area contributed by atoms with Gasteiger partial charge in [0.2, 0.25) is 0 Å². The summed E-state index contributed by atoms with van der Waals surface area (Å²) in [6, 6.07) is 1.75. The van der Waals surface area contributed by atoms with E-state index in [2.05, 4.69) is 15.4 Å². The highest BCUT2D eigenvalue weighted by Gasteiger charge is 2.26. The number of aromatic nitrogens is 4. The maximum absolute atomic E-state index is 12.8. The lowest BCUT2D eigenvalue weighted by Crippen LogP contribution is -2.31. The van der Waals surface area contributed by atoms with E-state index in [4.69, 9.17) is 4.74 Å². The lowest BCUT2D eigenvalue weighted by Gasteiger charge is -2.15. The number of carbonyl (C=O) groups excluding carboxylic acids is 2. The van der Waals surface area contributed by atoms with Crippen molar-refractivity contribution in [1.29, 1.82) is 0 Å². The molecule has 0 aromatic carbocycles. The van der Waals surface area contributed by atoms with Crippen molar-refractivity contribution < 1.29 is 14.3 Å². The first-order chi connectivity index (χ1) is 14.3. The average molecular weight is 430 g/mol. The summed E-state index contributed by atoms with van der Waals surface area (Å²) in [5.74, 6) is 0.188. The van der Waals surface area contributed by atoms with Crippen LogP contribution in [0.15, 0.2) is 17.1 Å². The molecule has 0 spiro atoms. The van der Waals surface area contributed by atoms with Crippen LogP contribution in [-0.2, 0) is 22.5 Å². The molecular formula is C20H23N5O4S. The summed E-state index contributed by atoms with van der Waals surface area (Å²) in [7, 11) is 0. The topological polar surface area (TPSA) is 108 Å². The van der Waals surface area contributed by atoms with Crippen LogP contribution in [0.5, 0.6) is 0 Å². The van der Waals surface area contributed by atoms with Crippen molar-refractivity contribution in [3.05, 3.63) is 38.9 Å². The third-order valence-electron chi connectivity index (χ3n) is 5.16. The van der Waals surface area contributed by atoms with Crippen LogP contribution in [0.2, 0.25) is 0 Å². The minimum absolute atomic E-state index is 0.0719. The van der Waals surface area contributed by atoms with Crippen molar-refractivity contribution in [2.45, 2.75) is 59.2 Å². The van der Waals surface area contributed by atoms with Gasteiger partial charge in [0.15, 0.2) is 6.10 Å². The standard InChI is InChI=1S/C20H23N5O4S/c1-10(2)25-14(7-8-21-25)22-17(26)12(4)29-20(28)16-11(3)15-18(30-16)23-13-6-5-9-24(13)19(15)27/h7-8,10,12H,5-6,9H2,1-4H3,(H,22,26). The Kier molecular flexibility index (Phi) is 5.19. The number of ether oxygens (including phenoxy) is 1. The maximum atomic E-state index is 12.8. The highest BCUT2D eigenvalue weighted by molar-refractivity contribution is 7.20. The van der Waals surface area contributed by atoms with Gasteiger partial charge in [-0.1, -0.05) is 0 Å². The number of carbonyl (C=O) groups is 2. The number of hydrogen-bond donors (Lipinski definition) is 1. The fraction of sp³-hybridized carbons (Fsp3) is 0.450. The number of nitrogens with zero attached hydrogens (tertiary/aromatic N) is 4. The number of nitrogens with one attached hydrogen (secondary N) is 1. The van der Waals surface area contributed by atoms with E-state index in [0.717, 1.165) is 30.0 Å². The van der Waals surface area contributed by atoms with Gasteiger partial charge in [-0.25, -0.2) is 14.5 Å². The molecule has 1 amide bonds. The van der Waals surface area contributed by atoms with Crippen LogP contribution in [0, 0.1) is 6.92 Å². The number of amides is 1. The van der Waals surface area contributed by atoms with Gasteiger partial charge in [0.25, 0.3) is 11.5 Å². The second-order valence-corrected chi connectivity index (χ2v) is 8.62. The van der Waals surface area contributed by atoms with Crippen molar-refractivity contribution in [1.82, 2.24) is 19.3 Å². The molecule has 0 bridgehead atoms. The molecule has 0 radical (unpaired) electrons. The summed E-state index contributed by atoms with van der Waals surface area (Å²) >= 11 is 1.13. The van der Waals surface area contributed by atoms with E-state index in [1.807, 2.05) is 13.8 Å². The Labute approximate surface area is 176 Å². The third kappa shape index (κ3) is 3.41. The average Bonchev–Trinajstić information content (AvgIpc) is 3.40. The number of esters is 1. The predicted molar refractivity (Wildman–Crippen MR) is 113 cm³/mol. The number of fused-ring (bicyclic) bond motifs is 2. The first-order valence-electron chi connectivity index (χ1n) is 9.86. The van der Waals surface area contributed by atoms with E-state index < -0.39 is 18.0 Å². The molecule has 1 N–H and O–H groups in total. The number of thiophene rings is 1. The second kappa shape index (κ2) is 7.67. The molecule has 1 atom stereocenters. The molecule has 3 aromatic rings. The van der Waals surface area contributed by atoms with Crippen molar-refractivity contribution >= 4 is 39.2 Å². The van der Waals surface area contributed by atoms with E-state index >= 15 is 0 Å². The van der Waals surface area contributed by atoms with E-state index in [9.17, 15) is 14.4 Å². The van der Waals surface area contributed by atoms with Crippen LogP contribution in [0.25, 0.3) is 10.2 Å². The molecular weight excluding hydrogens is 406 g/mol. The molecule has 30 heavy (non-hydrogen) atoms. The van der Waals surface area contributed by atoms with Crippen molar-refractivity contribution in [2.24, 2.45) is 0 Å². The summed E-state index contributed by atoms with van der Waals surface area (Å²) in [5.41, 5.74) is 0.429. The smallest absolute Gasteiger partial charge is 0.349 e. The van der Waals surface area contributed by atoms with Crippen LogP contribution in [0.1, 0.15) is 54.3 Å². The Bertz CT molecular complexity index is 1210. The summed E-state index contributed by atoms with van der Waals surface area (Å²) in [6.45, 7) is 7.77. The highest BCUT2D eigenvalue weighted by Crippen LogP contribution is 2.29. The molecule has 0 aliphatic carbocycles. The highest BCUT2D eigenvalue weighted by atomic mass is 32.1. The van der Waals surface area contributed by atoms with E-state index in [1.165, 1.54) is 6.92 Å². The van der Waals surface area contributed by atoms with E-state index in [-0.39, 0.29) is 11.6 Å². The number of aryl methyl sites for hydroxylation is 2. The number of rotatable bonds is 5. The first kappa shape index (κ1) is 20.3. The SMILES string of the molecule is Cc1c(C(=O)OC(C)C(=O)Nc2ccnn2C(C)C)sc2nc3n(c(=O)c12)CCC3. The molecule has 9 nitrogen and oxygen atoms in total. The molecule has 1 aliphatic rings. The van der Waals surface area contributed by atoms with Gasteiger partial charge in [-0.2, -0.15) is 5.10 Å². The van der Waals surface area contributed by atoms with Crippen LogP contribution in [-0.4, -0.2) is 37.3 Å². The normalized spacial score (nSPS) is 14.2. The van der Waals surface area contributed by atoms with Gasteiger partial charge in [-0.3, -0.25) is 14.2 Å². The molecule has 4 rings (SSSR count). The van der Waals surface area contributed by atoms with Crippen molar-refractivity contribution in [2.75, 3.05) is 5.32 Å². The Hall–Kier alpha value is -3.01. The summed E-state index contributed by atoms with van der Waals surface area (Å²) < 4.78 is 8.73. The molecule has 0 fully saturated rings. The van der Waals surface area contributed by atoms with E-state index in [0.29, 0.717) is 33.0 Å². The Morgan fingerprint density at radius 1 is 1.30 bits per heavy atom. The van der Waals surface area contributed by atoms with Gasteiger partial charge in [0, 0.05) is 25.1 Å². The molecule has 1 unspecified atom stereocenters. The van der Waals surface area contributed by atoms with Crippen molar-refractivity contribution in [3.8, 4) is 0 Å². The summed E-state index contributed by atoms with van der Waals surface area (Å²) in [6.07, 6.45) is 2.23. The van der Waals surface area contributed by atoms with Gasteiger partial charge in [-0.05, 0) is 39.7 Å².